The minimum absolute atomic E-state index is 0.271. The fraction of sp³-hybridized carbons (Fsp3) is 0. The van der Waals surface area contributed by atoms with Gasteiger partial charge in [-0.1, -0.05) is 23.2 Å². The molecule has 90 valence electrons. The van der Waals surface area contributed by atoms with Gasteiger partial charge in [0, 0.05) is 6.20 Å². The maximum atomic E-state index is 5.89. The first-order chi connectivity index (χ1) is 8.74. The third-order valence-electron chi connectivity index (χ3n) is 2.38. The number of hydrogen-bond donors (Lipinski definition) is 2. The largest absolute Gasteiger partial charge is 0.336 e. The van der Waals surface area contributed by atoms with Gasteiger partial charge in [0.15, 0.2) is 5.82 Å². The quantitative estimate of drug-likeness (QED) is 0.706. The summed E-state index contributed by atoms with van der Waals surface area (Å²) in [6.45, 7) is 0. The van der Waals surface area contributed by atoms with Gasteiger partial charge in [0.25, 0.3) is 0 Å². The van der Waals surface area contributed by atoms with Gasteiger partial charge in [0.2, 0.25) is 0 Å². The van der Waals surface area contributed by atoms with Crippen LogP contribution in [0, 0.1) is 0 Å². The van der Waals surface area contributed by atoms with Crippen molar-refractivity contribution >= 4 is 45.7 Å². The Labute approximate surface area is 112 Å². The molecule has 0 amide bonds. The van der Waals surface area contributed by atoms with Crippen molar-refractivity contribution < 1.29 is 0 Å². The molecular formula is C11H7Cl2N5. The molecule has 2 N–H and O–H groups in total. The van der Waals surface area contributed by atoms with E-state index >= 15 is 0 Å². The number of hydrogen-bond acceptors (Lipinski definition) is 4. The summed E-state index contributed by atoms with van der Waals surface area (Å²) < 4.78 is 0. The summed E-state index contributed by atoms with van der Waals surface area (Å²) in [4.78, 5) is 8.19. The smallest absolute Gasteiger partial charge is 0.178 e. The molecule has 0 saturated carbocycles. The molecule has 0 saturated heterocycles. The van der Waals surface area contributed by atoms with E-state index < -0.39 is 0 Å². The van der Waals surface area contributed by atoms with E-state index in [1.165, 1.54) is 0 Å². The molecule has 0 aliphatic carbocycles. The number of nitrogens with one attached hydrogen (secondary N) is 2. The number of anilines is 2. The molecule has 0 aliphatic rings. The third-order valence-corrected chi connectivity index (χ3v) is 3.07. The number of aromatic nitrogens is 4. The lowest BCUT2D eigenvalue weighted by molar-refractivity contribution is 1.12. The summed E-state index contributed by atoms with van der Waals surface area (Å²) in [5, 5.41) is 10.8. The van der Waals surface area contributed by atoms with Crippen molar-refractivity contribution in [2.45, 2.75) is 0 Å². The second-order valence-electron chi connectivity index (χ2n) is 3.59. The van der Waals surface area contributed by atoms with Crippen molar-refractivity contribution in [1.29, 1.82) is 0 Å². The highest BCUT2D eigenvalue weighted by molar-refractivity contribution is 6.41. The molecule has 0 aromatic carbocycles. The summed E-state index contributed by atoms with van der Waals surface area (Å²) in [6, 6.07) is 5.42. The van der Waals surface area contributed by atoms with E-state index in [9.17, 15) is 0 Å². The van der Waals surface area contributed by atoms with Crippen molar-refractivity contribution in [2.24, 2.45) is 0 Å². The Kier molecular flexibility index (Phi) is 2.77. The number of H-pyrrole nitrogens is 1. The first kappa shape index (κ1) is 11.3. The number of halogens is 2. The van der Waals surface area contributed by atoms with Crippen LogP contribution >= 0.6 is 23.2 Å². The van der Waals surface area contributed by atoms with Crippen molar-refractivity contribution in [3.8, 4) is 0 Å². The highest BCUT2D eigenvalue weighted by Gasteiger charge is 2.07. The number of aromatic amines is 1. The lowest BCUT2D eigenvalue weighted by Gasteiger charge is -2.03. The number of nitrogens with zero attached hydrogens (tertiary/aromatic N) is 3. The van der Waals surface area contributed by atoms with Crippen LogP contribution in [0.5, 0.6) is 0 Å². The van der Waals surface area contributed by atoms with Crippen LogP contribution in [0.15, 0.2) is 30.6 Å². The van der Waals surface area contributed by atoms with Crippen LogP contribution in [0.1, 0.15) is 0 Å². The lowest BCUT2D eigenvalue weighted by atomic mass is 10.3. The van der Waals surface area contributed by atoms with Crippen LogP contribution in [-0.2, 0) is 0 Å². The van der Waals surface area contributed by atoms with Gasteiger partial charge in [0.1, 0.15) is 10.7 Å². The average molecular weight is 280 g/mol. The van der Waals surface area contributed by atoms with Crippen molar-refractivity contribution in [1.82, 2.24) is 20.2 Å². The maximum Gasteiger partial charge on any atom is 0.178 e. The summed E-state index contributed by atoms with van der Waals surface area (Å²) in [7, 11) is 0. The van der Waals surface area contributed by atoms with Gasteiger partial charge in [0.05, 0.1) is 22.4 Å². The first-order valence-electron chi connectivity index (χ1n) is 5.11. The highest BCUT2D eigenvalue weighted by Crippen LogP contribution is 2.26. The molecule has 3 heterocycles. The normalized spacial score (nSPS) is 10.8. The predicted octanol–water partition coefficient (Wildman–Crippen LogP) is 3.40. The molecule has 0 spiro atoms. The van der Waals surface area contributed by atoms with E-state index in [2.05, 4.69) is 25.5 Å². The van der Waals surface area contributed by atoms with Gasteiger partial charge in [-0.05, 0) is 18.2 Å². The maximum absolute atomic E-state index is 5.89. The minimum atomic E-state index is 0.271. The van der Waals surface area contributed by atoms with Gasteiger partial charge in [-0.15, -0.1) is 0 Å². The Balaban J connectivity index is 1.98. The van der Waals surface area contributed by atoms with Crippen LogP contribution in [0.4, 0.5) is 11.5 Å². The Morgan fingerprint density at radius 1 is 1.22 bits per heavy atom. The van der Waals surface area contributed by atoms with Crippen LogP contribution in [0.2, 0.25) is 10.2 Å². The monoisotopic (exact) mass is 279 g/mol. The van der Waals surface area contributed by atoms with Gasteiger partial charge in [-0.3, -0.25) is 10.1 Å². The zero-order valence-electron chi connectivity index (χ0n) is 8.98. The standard InChI is InChI=1S/C11H7Cl2N5/c12-7-4-6(5-15-10(7)13)16-11-9-8(17-18-11)2-1-3-14-9/h1-5H,(H2,16,17,18). The Morgan fingerprint density at radius 3 is 2.94 bits per heavy atom. The van der Waals surface area contributed by atoms with Crippen molar-refractivity contribution in [2.75, 3.05) is 5.32 Å². The molecular weight excluding hydrogens is 273 g/mol. The van der Waals surface area contributed by atoms with Gasteiger partial charge >= 0.3 is 0 Å². The summed E-state index contributed by atoms with van der Waals surface area (Å²) in [6.07, 6.45) is 3.29. The van der Waals surface area contributed by atoms with Crippen LogP contribution < -0.4 is 5.32 Å². The third kappa shape index (κ3) is 1.98. The van der Waals surface area contributed by atoms with E-state index in [1.54, 1.807) is 18.5 Å². The summed E-state index contributed by atoms with van der Waals surface area (Å²) >= 11 is 11.6. The Morgan fingerprint density at radius 2 is 2.11 bits per heavy atom. The van der Waals surface area contributed by atoms with Gasteiger partial charge in [-0.25, -0.2) is 4.98 Å². The van der Waals surface area contributed by atoms with Gasteiger partial charge in [-0.2, -0.15) is 5.10 Å². The van der Waals surface area contributed by atoms with E-state index in [4.69, 9.17) is 23.2 Å². The van der Waals surface area contributed by atoms with E-state index in [0.29, 0.717) is 16.5 Å². The summed E-state index contributed by atoms with van der Waals surface area (Å²) in [5.74, 6) is 0.616. The fourth-order valence-electron chi connectivity index (χ4n) is 1.57. The SMILES string of the molecule is Clc1cc(Nc2n[nH]c3cccnc23)cnc1Cl. The predicted molar refractivity (Wildman–Crippen MR) is 71.4 cm³/mol. The van der Waals surface area contributed by atoms with Crippen LogP contribution in [0.25, 0.3) is 11.0 Å². The first-order valence-corrected chi connectivity index (χ1v) is 5.87. The fourth-order valence-corrected chi connectivity index (χ4v) is 1.84. The zero-order chi connectivity index (χ0) is 12.5. The number of fused-ring (bicyclic) bond motifs is 1. The average Bonchev–Trinajstić information content (AvgIpc) is 2.78. The van der Waals surface area contributed by atoms with Crippen molar-refractivity contribution in [3.05, 3.63) is 40.8 Å². The molecule has 18 heavy (non-hydrogen) atoms. The van der Waals surface area contributed by atoms with E-state index in [-0.39, 0.29) is 5.15 Å². The van der Waals surface area contributed by atoms with E-state index in [0.717, 1.165) is 11.0 Å². The van der Waals surface area contributed by atoms with Crippen LogP contribution in [0.3, 0.4) is 0 Å². The molecule has 5 nitrogen and oxygen atoms in total. The minimum Gasteiger partial charge on any atom is -0.336 e. The molecule has 0 fully saturated rings. The molecule has 3 aromatic heterocycles. The second-order valence-corrected chi connectivity index (χ2v) is 4.36. The van der Waals surface area contributed by atoms with Gasteiger partial charge < -0.3 is 5.32 Å². The van der Waals surface area contributed by atoms with Crippen molar-refractivity contribution in [3.63, 3.8) is 0 Å². The molecule has 0 aliphatic heterocycles. The lowest BCUT2D eigenvalue weighted by Crippen LogP contribution is -1.93. The molecule has 0 atom stereocenters. The Hall–Kier alpha value is -1.85. The zero-order valence-corrected chi connectivity index (χ0v) is 10.5. The molecule has 7 heteroatoms. The second kappa shape index (κ2) is 4.44. The number of rotatable bonds is 2. The van der Waals surface area contributed by atoms with Crippen LogP contribution in [-0.4, -0.2) is 20.2 Å². The van der Waals surface area contributed by atoms with E-state index in [1.807, 2.05) is 12.1 Å². The Bertz CT molecular complexity index is 709. The molecule has 3 aromatic rings. The number of pyridine rings is 2. The molecule has 0 radical (unpaired) electrons. The molecule has 3 rings (SSSR count). The highest BCUT2D eigenvalue weighted by atomic mass is 35.5. The topological polar surface area (TPSA) is 66.5 Å². The molecule has 0 unspecified atom stereocenters. The molecule has 0 bridgehead atoms. The summed E-state index contributed by atoms with van der Waals surface area (Å²) in [5.41, 5.74) is 2.31.